The Balaban J connectivity index is 1.37. The monoisotopic (exact) mass is 417 g/mol. The number of ether oxygens (including phenoxy) is 1. The van der Waals surface area contributed by atoms with Crippen LogP contribution in [0.15, 0.2) is 30.7 Å². The summed E-state index contributed by atoms with van der Waals surface area (Å²) in [5, 5.41) is 8.11. The second-order valence-electron chi connectivity index (χ2n) is 8.85. The van der Waals surface area contributed by atoms with E-state index in [-0.39, 0.29) is 0 Å². The third-order valence-corrected chi connectivity index (χ3v) is 6.69. The summed E-state index contributed by atoms with van der Waals surface area (Å²) in [5.41, 5.74) is 4.99. The molecular formula is C23H27N7O. The molecule has 2 aliphatic rings. The fourth-order valence-corrected chi connectivity index (χ4v) is 4.77. The second-order valence-corrected chi connectivity index (χ2v) is 8.85. The van der Waals surface area contributed by atoms with Crippen LogP contribution in [-0.4, -0.2) is 48.4 Å². The predicted octanol–water partition coefficient (Wildman–Crippen LogP) is 4.01. The van der Waals surface area contributed by atoms with Gasteiger partial charge in [-0.2, -0.15) is 0 Å². The van der Waals surface area contributed by atoms with Crippen molar-refractivity contribution in [3.63, 3.8) is 0 Å². The van der Waals surface area contributed by atoms with E-state index in [1.54, 1.807) is 0 Å². The summed E-state index contributed by atoms with van der Waals surface area (Å²) < 4.78 is 9.80. The number of rotatable bonds is 5. The summed E-state index contributed by atoms with van der Waals surface area (Å²) in [6, 6.07) is 5.11. The number of hydrogen-bond donors (Lipinski definition) is 1. The van der Waals surface area contributed by atoms with Crippen molar-refractivity contribution in [2.24, 2.45) is 5.92 Å². The summed E-state index contributed by atoms with van der Waals surface area (Å²) in [4.78, 5) is 14.0. The minimum Gasteiger partial charge on any atom is -0.381 e. The quantitative estimate of drug-likeness (QED) is 0.528. The normalized spacial score (nSPS) is 18.6. The van der Waals surface area contributed by atoms with Gasteiger partial charge in [0.05, 0.1) is 17.2 Å². The van der Waals surface area contributed by atoms with Crippen molar-refractivity contribution in [3.05, 3.63) is 36.5 Å². The first-order valence-electron chi connectivity index (χ1n) is 11.2. The van der Waals surface area contributed by atoms with Gasteiger partial charge in [-0.05, 0) is 57.6 Å². The van der Waals surface area contributed by atoms with E-state index in [9.17, 15) is 0 Å². The third kappa shape index (κ3) is 3.35. The molecule has 4 aromatic heterocycles. The number of nitrogens with zero attached hydrogens (tertiary/aromatic N) is 6. The Hall–Kier alpha value is -3.00. The van der Waals surface area contributed by atoms with Gasteiger partial charge in [0.1, 0.15) is 5.82 Å². The zero-order chi connectivity index (χ0) is 20.9. The number of nitrogens with one attached hydrogen (secondary N) is 1. The van der Waals surface area contributed by atoms with Crippen molar-refractivity contribution in [1.82, 2.24) is 29.1 Å². The van der Waals surface area contributed by atoms with E-state index in [1.165, 1.54) is 12.8 Å². The fraction of sp³-hybridized carbons (Fsp3) is 0.478. The molecule has 1 aliphatic carbocycles. The van der Waals surface area contributed by atoms with Crippen LogP contribution in [0.1, 0.15) is 44.5 Å². The van der Waals surface area contributed by atoms with Crippen LogP contribution >= 0.6 is 0 Å². The smallest absolute Gasteiger partial charge is 0.241 e. The molecule has 1 N–H and O–H groups in total. The Morgan fingerprint density at radius 1 is 1.10 bits per heavy atom. The first-order chi connectivity index (χ1) is 15.2. The van der Waals surface area contributed by atoms with Gasteiger partial charge < -0.3 is 14.6 Å². The van der Waals surface area contributed by atoms with Gasteiger partial charge in [-0.1, -0.05) is 0 Å². The number of anilines is 1. The number of aryl methyl sites for hydroxylation is 1. The topological polar surface area (TPSA) is 82.2 Å². The third-order valence-electron chi connectivity index (χ3n) is 6.69. The molecule has 160 valence electrons. The van der Waals surface area contributed by atoms with Crippen LogP contribution in [0.25, 0.3) is 27.8 Å². The highest BCUT2D eigenvalue weighted by molar-refractivity contribution is 5.85. The van der Waals surface area contributed by atoms with Crippen LogP contribution in [0.5, 0.6) is 0 Å². The molecule has 1 aliphatic heterocycles. The number of hydrogen-bond acceptors (Lipinski definition) is 6. The lowest BCUT2D eigenvalue weighted by molar-refractivity contribution is 0.0701. The molecule has 31 heavy (non-hydrogen) atoms. The van der Waals surface area contributed by atoms with Gasteiger partial charge in [-0.15, -0.1) is 5.10 Å². The molecule has 2 fully saturated rings. The summed E-state index contributed by atoms with van der Waals surface area (Å²) in [6.45, 7) is 5.87. The van der Waals surface area contributed by atoms with Gasteiger partial charge in [0.15, 0.2) is 5.65 Å². The van der Waals surface area contributed by atoms with Gasteiger partial charge >= 0.3 is 0 Å². The highest BCUT2D eigenvalue weighted by atomic mass is 16.5. The van der Waals surface area contributed by atoms with Crippen LogP contribution < -0.4 is 5.32 Å². The molecule has 5 heterocycles. The Bertz CT molecular complexity index is 1250. The lowest BCUT2D eigenvalue weighted by Crippen LogP contribution is -2.20. The molecule has 8 nitrogen and oxygen atoms in total. The van der Waals surface area contributed by atoms with E-state index in [4.69, 9.17) is 9.72 Å². The summed E-state index contributed by atoms with van der Waals surface area (Å²) >= 11 is 0. The maximum absolute atomic E-state index is 5.56. The van der Waals surface area contributed by atoms with Crippen LogP contribution in [0.3, 0.4) is 0 Å². The van der Waals surface area contributed by atoms with Crippen molar-refractivity contribution >= 4 is 22.6 Å². The van der Waals surface area contributed by atoms with E-state index in [0.29, 0.717) is 18.0 Å². The lowest BCUT2D eigenvalue weighted by atomic mass is 10.1. The van der Waals surface area contributed by atoms with Crippen molar-refractivity contribution in [3.8, 4) is 11.1 Å². The van der Waals surface area contributed by atoms with Gasteiger partial charge in [0, 0.05) is 48.8 Å². The van der Waals surface area contributed by atoms with Gasteiger partial charge in [-0.25, -0.2) is 19.5 Å². The van der Waals surface area contributed by atoms with Crippen LogP contribution in [-0.2, 0) is 4.74 Å². The number of aromatic nitrogens is 6. The van der Waals surface area contributed by atoms with Gasteiger partial charge in [0.25, 0.3) is 0 Å². The van der Waals surface area contributed by atoms with Crippen molar-refractivity contribution in [2.75, 3.05) is 18.5 Å². The molecule has 0 bridgehead atoms. The summed E-state index contributed by atoms with van der Waals surface area (Å²) in [6.07, 6.45) is 10.4. The lowest BCUT2D eigenvalue weighted by Gasteiger charge is -2.25. The molecule has 0 aromatic carbocycles. The molecule has 8 heteroatoms. The zero-order valence-electron chi connectivity index (χ0n) is 18.0. The molecule has 6 rings (SSSR count). The molecule has 0 unspecified atom stereocenters. The number of fused-ring (bicyclic) bond motifs is 2. The maximum atomic E-state index is 5.56. The first-order valence-corrected chi connectivity index (χ1v) is 11.2. The number of pyridine rings is 1. The Labute approximate surface area is 180 Å². The van der Waals surface area contributed by atoms with Gasteiger partial charge in [-0.3, -0.25) is 0 Å². The van der Waals surface area contributed by atoms with E-state index in [0.717, 1.165) is 65.6 Å². The Kier molecular flexibility index (Phi) is 4.41. The van der Waals surface area contributed by atoms with Crippen molar-refractivity contribution in [2.45, 2.75) is 51.6 Å². The molecule has 0 amide bonds. The highest BCUT2D eigenvalue weighted by Gasteiger charge is 2.28. The SMILES string of the molecule is Cc1nc2ncc(-c3ccn4nc(N[C@H](C)C5CC5)ncc34)cc2n1C1CCOCC1. The van der Waals surface area contributed by atoms with Crippen molar-refractivity contribution in [1.29, 1.82) is 0 Å². The van der Waals surface area contributed by atoms with Crippen LogP contribution in [0, 0.1) is 12.8 Å². The largest absolute Gasteiger partial charge is 0.381 e. The molecule has 1 saturated carbocycles. The molecule has 1 atom stereocenters. The molecule has 0 spiro atoms. The van der Waals surface area contributed by atoms with E-state index in [1.807, 2.05) is 23.1 Å². The first kappa shape index (κ1) is 18.7. The molecule has 0 radical (unpaired) electrons. The molecular weight excluding hydrogens is 390 g/mol. The van der Waals surface area contributed by atoms with Crippen LogP contribution in [0.2, 0.25) is 0 Å². The fourth-order valence-electron chi connectivity index (χ4n) is 4.77. The standard InChI is InChI=1S/C23H27N7O/c1-14(16-3-4-16)26-23-25-13-21-19(5-8-29(21)28-23)17-11-20-22(24-12-17)27-15(2)30(20)18-6-9-31-10-7-18/h5,8,11-14,16,18H,3-4,6-7,9-10H2,1-2H3,(H,26,28)/t14-/m1/s1. The highest BCUT2D eigenvalue weighted by Crippen LogP contribution is 2.34. The Morgan fingerprint density at radius 3 is 2.74 bits per heavy atom. The minimum atomic E-state index is 0.409. The Morgan fingerprint density at radius 2 is 1.94 bits per heavy atom. The molecule has 4 aromatic rings. The average molecular weight is 418 g/mol. The van der Waals surface area contributed by atoms with Gasteiger partial charge in [0.2, 0.25) is 5.95 Å². The maximum Gasteiger partial charge on any atom is 0.241 e. The molecule has 1 saturated heterocycles. The average Bonchev–Trinajstić information content (AvgIpc) is 3.47. The minimum absolute atomic E-state index is 0.409. The number of imidazole rings is 1. The predicted molar refractivity (Wildman–Crippen MR) is 119 cm³/mol. The van der Waals surface area contributed by atoms with Crippen LogP contribution in [0.4, 0.5) is 5.95 Å². The zero-order valence-corrected chi connectivity index (χ0v) is 18.0. The van der Waals surface area contributed by atoms with Crippen molar-refractivity contribution < 1.29 is 4.74 Å². The summed E-state index contributed by atoms with van der Waals surface area (Å²) in [5.74, 6) is 2.44. The van der Waals surface area contributed by atoms with E-state index >= 15 is 0 Å². The van der Waals surface area contributed by atoms with E-state index in [2.05, 4.69) is 50.9 Å². The second kappa shape index (κ2) is 7.30. The van der Waals surface area contributed by atoms with E-state index < -0.39 is 0 Å². The summed E-state index contributed by atoms with van der Waals surface area (Å²) in [7, 11) is 0.